The Hall–Kier alpha value is -3.73. The Morgan fingerprint density at radius 2 is 1.89 bits per heavy atom. The number of fused-ring (bicyclic) bond motifs is 5. The first-order valence-electron chi connectivity index (χ1n) is 12.1. The van der Waals surface area contributed by atoms with E-state index >= 15 is 0 Å². The number of aromatic nitrogens is 5. The minimum absolute atomic E-state index is 0.111. The summed E-state index contributed by atoms with van der Waals surface area (Å²) in [7, 11) is 0. The fraction of sp³-hybridized carbons (Fsp3) is 0.370. The van der Waals surface area contributed by atoms with Crippen molar-refractivity contribution < 1.29 is 27.1 Å². The molecule has 0 saturated heterocycles. The Kier molecular flexibility index (Phi) is 5.26. The Morgan fingerprint density at radius 1 is 1.11 bits per heavy atom. The second-order valence-electron chi connectivity index (χ2n) is 10.5. The van der Waals surface area contributed by atoms with Crippen LogP contribution in [0.25, 0.3) is 22.8 Å². The van der Waals surface area contributed by atoms with Crippen molar-refractivity contribution in [2.75, 3.05) is 0 Å². The number of rotatable bonds is 4. The van der Waals surface area contributed by atoms with Gasteiger partial charge < -0.3 is 9.52 Å². The lowest BCUT2D eigenvalue weighted by Gasteiger charge is -2.37. The molecule has 0 radical (unpaired) electrons. The van der Waals surface area contributed by atoms with Crippen LogP contribution in [-0.2, 0) is 5.41 Å². The maximum Gasteiger partial charge on any atom is 0.420 e. The molecule has 0 unspecified atom stereocenters. The molecular formula is C27H23F4N5O2. The number of aliphatic hydroxyl groups is 1. The molecule has 11 heteroatoms. The van der Waals surface area contributed by atoms with Gasteiger partial charge in [0, 0.05) is 11.8 Å². The predicted molar refractivity (Wildman–Crippen MR) is 127 cm³/mol. The maximum atomic E-state index is 14.7. The van der Waals surface area contributed by atoms with Crippen LogP contribution in [0.4, 0.5) is 17.6 Å². The number of nitrogens with zero attached hydrogens (tertiary/aromatic N) is 5. The number of aliphatic hydroxyl groups excluding tert-OH is 1. The van der Waals surface area contributed by atoms with Gasteiger partial charge >= 0.3 is 6.18 Å². The van der Waals surface area contributed by atoms with Crippen LogP contribution >= 0.6 is 0 Å². The number of alkyl halides is 3. The zero-order valence-electron chi connectivity index (χ0n) is 20.7. The number of aryl methyl sites for hydroxylation is 1. The van der Waals surface area contributed by atoms with Gasteiger partial charge in [0.25, 0.3) is 0 Å². The minimum Gasteiger partial charge on any atom is -0.443 e. The SMILES string of the molecule is Cc1cccc(F)c1-c1cc2c(nn1)[C@@]1(c3cncc(-c4nc([C@H](O)C(F)(F)F)co4)n3)CC[C@@H]2C1(C)C. The second kappa shape index (κ2) is 8.13. The molecule has 2 aliphatic carbocycles. The molecule has 1 aromatic carbocycles. The van der Waals surface area contributed by atoms with E-state index in [0.29, 0.717) is 23.4 Å². The van der Waals surface area contributed by atoms with Crippen LogP contribution in [0.5, 0.6) is 0 Å². The van der Waals surface area contributed by atoms with Crippen LogP contribution in [0.2, 0.25) is 0 Å². The van der Waals surface area contributed by atoms with Crippen LogP contribution < -0.4 is 0 Å². The quantitative estimate of drug-likeness (QED) is 0.335. The van der Waals surface area contributed by atoms with E-state index < -0.39 is 23.4 Å². The van der Waals surface area contributed by atoms with Crippen molar-refractivity contribution >= 4 is 0 Å². The Morgan fingerprint density at radius 3 is 2.63 bits per heavy atom. The van der Waals surface area contributed by atoms with Gasteiger partial charge in [-0.25, -0.2) is 14.4 Å². The van der Waals surface area contributed by atoms with E-state index in [0.717, 1.165) is 29.5 Å². The van der Waals surface area contributed by atoms with Gasteiger partial charge in [0.1, 0.15) is 23.5 Å². The lowest BCUT2D eigenvalue weighted by atomic mass is 9.66. The fourth-order valence-electron chi connectivity index (χ4n) is 6.34. The zero-order chi connectivity index (χ0) is 27.0. The molecule has 3 heterocycles. The van der Waals surface area contributed by atoms with Gasteiger partial charge in [-0.3, -0.25) is 4.98 Å². The molecule has 196 valence electrons. The number of benzene rings is 1. The number of hydrogen-bond donors (Lipinski definition) is 1. The van der Waals surface area contributed by atoms with E-state index in [4.69, 9.17) is 9.40 Å². The van der Waals surface area contributed by atoms with Crippen molar-refractivity contribution in [2.45, 2.75) is 57.2 Å². The largest absolute Gasteiger partial charge is 0.443 e. The highest BCUT2D eigenvalue weighted by molar-refractivity contribution is 5.66. The molecule has 1 fully saturated rings. The zero-order valence-corrected chi connectivity index (χ0v) is 20.7. The summed E-state index contributed by atoms with van der Waals surface area (Å²) in [5.74, 6) is -0.438. The van der Waals surface area contributed by atoms with Crippen LogP contribution in [-0.4, -0.2) is 36.4 Å². The lowest BCUT2D eigenvalue weighted by Crippen LogP contribution is -2.38. The van der Waals surface area contributed by atoms with Gasteiger partial charge in [0.2, 0.25) is 5.89 Å². The molecule has 4 aromatic rings. The highest BCUT2D eigenvalue weighted by atomic mass is 19.4. The number of halogens is 4. The third-order valence-electron chi connectivity index (χ3n) is 8.26. The molecule has 1 saturated carbocycles. The van der Waals surface area contributed by atoms with Gasteiger partial charge in [0.15, 0.2) is 6.10 Å². The molecular weight excluding hydrogens is 502 g/mol. The predicted octanol–water partition coefficient (Wildman–Crippen LogP) is 5.84. The number of hydrogen-bond acceptors (Lipinski definition) is 7. The first-order chi connectivity index (χ1) is 17.9. The summed E-state index contributed by atoms with van der Waals surface area (Å²) in [6.07, 6.45) is -2.36. The van der Waals surface area contributed by atoms with Gasteiger partial charge in [-0.05, 0) is 54.4 Å². The normalized spacial score (nSPS) is 22.5. The summed E-state index contributed by atoms with van der Waals surface area (Å²) in [4.78, 5) is 12.8. The molecule has 0 amide bonds. The maximum absolute atomic E-state index is 14.7. The molecule has 0 spiro atoms. The Bertz CT molecular complexity index is 1550. The first-order valence-corrected chi connectivity index (χ1v) is 12.1. The molecule has 0 aliphatic heterocycles. The van der Waals surface area contributed by atoms with E-state index in [9.17, 15) is 22.7 Å². The van der Waals surface area contributed by atoms with Crippen LogP contribution in [0.3, 0.4) is 0 Å². The van der Waals surface area contributed by atoms with E-state index in [-0.39, 0.29) is 28.7 Å². The van der Waals surface area contributed by atoms with Crippen molar-refractivity contribution in [3.63, 3.8) is 0 Å². The molecule has 7 nitrogen and oxygen atoms in total. The monoisotopic (exact) mass is 525 g/mol. The highest BCUT2D eigenvalue weighted by Gasteiger charge is 2.65. The average Bonchev–Trinajstić information content (AvgIpc) is 3.51. The lowest BCUT2D eigenvalue weighted by molar-refractivity contribution is -0.207. The molecule has 38 heavy (non-hydrogen) atoms. The standard InChI is InChI=1S/C27H23F4N5O2/c1-13-5-4-6-16(28)21(13)17-9-14-15-7-8-26(25(15,2)3,22(14)36-35-17)20-11-32-10-18(33-20)24-34-19(12-38-24)23(37)27(29,30)31/h4-6,9-12,15,23,37H,7-8H2,1-3H3/t15-,23-,26-/m0/s1. The molecule has 2 bridgehead atoms. The topological polar surface area (TPSA) is 97.8 Å². The smallest absolute Gasteiger partial charge is 0.420 e. The fourth-order valence-corrected chi connectivity index (χ4v) is 6.34. The van der Waals surface area contributed by atoms with Gasteiger partial charge in [-0.15, -0.1) is 0 Å². The molecule has 3 aromatic heterocycles. The second-order valence-corrected chi connectivity index (χ2v) is 10.5. The summed E-state index contributed by atoms with van der Waals surface area (Å²) in [6.45, 7) is 6.07. The third kappa shape index (κ3) is 3.34. The highest BCUT2D eigenvalue weighted by Crippen LogP contribution is 2.69. The molecule has 6 rings (SSSR count). The summed E-state index contributed by atoms with van der Waals surface area (Å²) in [5, 5.41) is 18.6. The number of oxazole rings is 1. The third-order valence-corrected chi connectivity index (χ3v) is 8.26. The molecule has 2 aliphatic rings. The van der Waals surface area contributed by atoms with Gasteiger partial charge in [-0.1, -0.05) is 26.0 Å². The van der Waals surface area contributed by atoms with Crippen LogP contribution in [0, 0.1) is 18.2 Å². The van der Waals surface area contributed by atoms with Gasteiger partial charge in [0.05, 0.1) is 28.7 Å². The van der Waals surface area contributed by atoms with Crippen molar-refractivity contribution in [3.8, 4) is 22.8 Å². The van der Waals surface area contributed by atoms with Crippen molar-refractivity contribution in [3.05, 3.63) is 76.9 Å². The Balaban J connectivity index is 1.45. The van der Waals surface area contributed by atoms with E-state index in [1.165, 1.54) is 12.3 Å². The summed E-state index contributed by atoms with van der Waals surface area (Å²) in [5.41, 5.74) is 2.38. The summed E-state index contributed by atoms with van der Waals surface area (Å²) in [6, 6.07) is 6.80. The Labute approximate surface area is 215 Å². The van der Waals surface area contributed by atoms with E-state index in [2.05, 4.69) is 34.0 Å². The average molecular weight is 526 g/mol. The molecule has 3 atom stereocenters. The van der Waals surface area contributed by atoms with E-state index in [1.807, 2.05) is 19.1 Å². The van der Waals surface area contributed by atoms with Crippen molar-refractivity contribution in [2.24, 2.45) is 5.41 Å². The van der Waals surface area contributed by atoms with Crippen LogP contribution in [0.1, 0.15) is 66.9 Å². The minimum atomic E-state index is -4.88. The van der Waals surface area contributed by atoms with Crippen molar-refractivity contribution in [1.82, 2.24) is 25.1 Å². The molecule has 1 N–H and O–H groups in total. The van der Waals surface area contributed by atoms with E-state index in [1.54, 1.807) is 12.3 Å². The van der Waals surface area contributed by atoms with Gasteiger partial charge in [-0.2, -0.15) is 23.4 Å². The van der Waals surface area contributed by atoms with Crippen LogP contribution in [0.15, 0.2) is 47.3 Å². The van der Waals surface area contributed by atoms with Crippen molar-refractivity contribution in [1.29, 1.82) is 0 Å². The summed E-state index contributed by atoms with van der Waals surface area (Å²) < 4.78 is 58.7. The first kappa shape index (κ1) is 24.6. The summed E-state index contributed by atoms with van der Waals surface area (Å²) >= 11 is 0.